The average Bonchev–Trinajstić information content (AvgIpc) is 2.87. The molecule has 13 heavy (non-hydrogen) atoms. The van der Waals surface area contributed by atoms with E-state index in [1.165, 1.54) is 28.4 Å². The molecule has 0 spiro atoms. The first-order valence-electron chi connectivity index (χ1n) is 4.73. The molecule has 2 rings (SSSR count). The first-order valence-corrected chi connectivity index (χ1v) is 5.52. The predicted octanol–water partition coefficient (Wildman–Crippen LogP) is 3.35. The molecule has 1 aliphatic carbocycles. The van der Waals surface area contributed by atoms with Crippen LogP contribution in [-0.4, -0.2) is 0 Å². The maximum atomic E-state index is 5.80. The Hall–Kier alpha value is -0.340. The van der Waals surface area contributed by atoms with Crippen molar-refractivity contribution in [1.29, 1.82) is 0 Å². The Morgan fingerprint density at radius 3 is 2.62 bits per heavy atom. The van der Waals surface area contributed by atoms with Gasteiger partial charge in [0.05, 0.1) is 0 Å². The predicted molar refractivity (Wildman–Crippen MR) is 58.7 cm³/mol. The van der Waals surface area contributed by atoms with Crippen LogP contribution in [0.15, 0.2) is 22.7 Å². The van der Waals surface area contributed by atoms with E-state index in [0.717, 1.165) is 5.92 Å². The van der Waals surface area contributed by atoms with Crippen molar-refractivity contribution < 1.29 is 0 Å². The van der Waals surface area contributed by atoms with Gasteiger partial charge in [-0.3, -0.25) is 0 Å². The second kappa shape index (κ2) is 3.43. The van der Waals surface area contributed by atoms with Crippen LogP contribution in [0.3, 0.4) is 0 Å². The molecule has 0 bridgehead atoms. The molecule has 2 N–H and O–H groups in total. The minimum atomic E-state index is 0.129. The zero-order valence-electron chi connectivity index (χ0n) is 7.76. The first-order chi connectivity index (χ1) is 6.18. The van der Waals surface area contributed by atoms with Gasteiger partial charge in [-0.2, -0.15) is 0 Å². The fraction of sp³-hybridized carbons (Fsp3) is 0.455. The summed E-state index contributed by atoms with van der Waals surface area (Å²) in [5.41, 5.74) is 8.46. The lowest BCUT2D eigenvalue weighted by atomic mass is 10.0. The van der Waals surface area contributed by atoms with E-state index < -0.39 is 0 Å². The second-order valence-electron chi connectivity index (χ2n) is 3.84. The van der Waals surface area contributed by atoms with Gasteiger partial charge in [0.25, 0.3) is 0 Å². The molecule has 1 aromatic rings. The molecule has 0 radical (unpaired) electrons. The van der Waals surface area contributed by atoms with Crippen molar-refractivity contribution in [3.05, 3.63) is 33.8 Å². The SMILES string of the molecule is C[C@@H](N)c1ccc(C2CC2)c(Br)c1. The molecule has 0 unspecified atom stereocenters. The molecule has 1 aromatic carbocycles. The first kappa shape index (κ1) is 9.22. The number of hydrogen-bond acceptors (Lipinski definition) is 1. The third kappa shape index (κ3) is 1.94. The van der Waals surface area contributed by atoms with Gasteiger partial charge in [0.2, 0.25) is 0 Å². The van der Waals surface area contributed by atoms with E-state index in [-0.39, 0.29) is 6.04 Å². The van der Waals surface area contributed by atoms with Gasteiger partial charge in [0.15, 0.2) is 0 Å². The highest BCUT2D eigenvalue weighted by Crippen LogP contribution is 2.43. The van der Waals surface area contributed by atoms with E-state index in [9.17, 15) is 0 Å². The highest BCUT2D eigenvalue weighted by molar-refractivity contribution is 9.10. The third-order valence-electron chi connectivity index (χ3n) is 2.57. The van der Waals surface area contributed by atoms with Crippen LogP contribution in [0.1, 0.15) is 42.9 Å². The fourth-order valence-corrected chi connectivity index (χ4v) is 2.27. The summed E-state index contributed by atoms with van der Waals surface area (Å²) in [5, 5.41) is 0. The van der Waals surface area contributed by atoms with Gasteiger partial charge in [-0.15, -0.1) is 0 Å². The average molecular weight is 240 g/mol. The van der Waals surface area contributed by atoms with Gasteiger partial charge in [-0.05, 0) is 42.9 Å². The molecule has 0 amide bonds. The summed E-state index contributed by atoms with van der Waals surface area (Å²) in [6.45, 7) is 2.01. The molecule has 1 atom stereocenters. The van der Waals surface area contributed by atoms with Gasteiger partial charge >= 0.3 is 0 Å². The molecule has 1 aliphatic rings. The van der Waals surface area contributed by atoms with Crippen LogP contribution in [0.5, 0.6) is 0 Å². The molecule has 0 heterocycles. The molecular weight excluding hydrogens is 226 g/mol. The molecular formula is C11H14BrN. The summed E-state index contributed by atoms with van der Waals surface area (Å²) < 4.78 is 1.23. The lowest BCUT2D eigenvalue weighted by Crippen LogP contribution is -2.04. The second-order valence-corrected chi connectivity index (χ2v) is 4.70. The molecule has 0 saturated heterocycles. The molecule has 1 nitrogen and oxygen atoms in total. The monoisotopic (exact) mass is 239 g/mol. The maximum Gasteiger partial charge on any atom is 0.0266 e. The molecule has 0 aliphatic heterocycles. The van der Waals surface area contributed by atoms with Crippen LogP contribution in [0.2, 0.25) is 0 Å². The minimum absolute atomic E-state index is 0.129. The standard InChI is InChI=1S/C11H14BrN/c1-7(13)9-4-5-10(8-2-3-8)11(12)6-9/h4-8H,2-3,13H2,1H3/t7-/m1/s1. The van der Waals surface area contributed by atoms with E-state index in [1.54, 1.807) is 0 Å². The zero-order valence-corrected chi connectivity index (χ0v) is 9.34. The smallest absolute Gasteiger partial charge is 0.0266 e. The lowest BCUT2D eigenvalue weighted by Gasteiger charge is -2.08. The van der Waals surface area contributed by atoms with Crippen LogP contribution in [0.25, 0.3) is 0 Å². The Morgan fingerprint density at radius 1 is 1.46 bits per heavy atom. The Balaban J connectivity index is 2.31. The summed E-state index contributed by atoms with van der Waals surface area (Å²) in [7, 11) is 0. The van der Waals surface area contributed by atoms with E-state index in [2.05, 4.69) is 34.1 Å². The van der Waals surface area contributed by atoms with Crippen molar-refractivity contribution in [2.45, 2.75) is 31.7 Å². The Bertz CT molecular complexity index is 316. The summed E-state index contributed by atoms with van der Waals surface area (Å²) in [6, 6.07) is 6.63. The van der Waals surface area contributed by atoms with Crippen LogP contribution in [-0.2, 0) is 0 Å². The van der Waals surface area contributed by atoms with E-state index in [1.807, 2.05) is 6.92 Å². The summed E-state index contributed by atoms with van der Waals surface area (Å²) in [4.78, 5) is 0. The fourth-order valence-electron chi connectivity index (χ4n) is 1.55. The van der Waals surface area contributed by atoms with Crippen molar-refractivity contribution >= 4 is 15.9 Å². The maximum absolute atomic E-state index is 5.80. The minimum Gasteiger partial charge on any atom is -0.324 e. The summed E-state index contributed by atoms with van der Waals surface area (Å²) in [5.74, 6) is 0.802. The van der Waals surface area contributed by atoms with Crippen molar-refractivity contribution in [2.75, 3.05) is 0 Å². The lowest BCUT2D eigenvalue weighted by molar-refractivity contribution is 0.816. The van der Waals surface area contributed by atoms with E-state index in [4.69, 9.17) is 5.73 Å². The van der Waals surface area contributed by atoms with Crippen molar-refractivity contribution in [1.82, 2.24) is 0 Å². The van der Waals surface area contributed by atoms with Crippen molar-refractivity contribution in [3.8, 4) is 0 Å². The van der Waals surface area contributed by atoms with Gasteiger partial charge in [0, 0.05) is 10.5 Å². The molecule has 2 heteroatoms. The molecule has 1 fully saturated rings. The normalized spacial score (nSPS) is 18.7. The van der Waals surface area contributed by atoms with Crippen LogP contribution >= 0.6 is 15.9 Å². The number of rotatable bonds is 2. The largest absolute Gasteiger partial charge is 0.324 e. The highest BCUT2D eigenvalue weighted by Gasteiger charge is 2.25. The van der Waals surface area contributed by atoms with E-state index >= 15 is 0 Å². The van der Waals surface area contributed by atoms with Crippen LogP contribution in [0, 0.1) is 0 Å². The number of nitrogens with two attached hydrogens (primary N) is 1. The van der Waals surface area contributed by atoms with Gasteiger partial charge in [-0.1, -0.05) is 28.1 Å². The number of halogens is 1. The van der Waals surface area contributed by atoms with Crippen LogP contribution < -0.4 is 5.73 Å². The Morgan fingerprint density at radius 2 is 2.15 bits per heavy atom. The van der Waals surface area contributed by atoms with Gasteiger partial charge in [0.1, 0.15) is 0 Å². The zero-order chi connectivity index (χ0) is 9.42. The van der Waals surface area contributed by atoms with Crippen molar-refractivity contribution in [2.24, 2.45) is 5.73 Å². The topological polar surface area (TPSA) is 26.0 Å². The van der Waals surface area contributed by atoms with Gasteiger partial charge in [-0.25, -0.2) is 0 Å². The highest BCUT2D eigenvalue weighted by atomic mass is 79.9. The van der Waals surface area contributed by atoms with E-state index in [0.29, 0.717) is 0 Å². The Kier molecular flexibility index (Phi) is 2.43. The Labute approximate surface area is 87.5 Å². The van der Waals surface area contributed by atoms with Crippen molar-refractivity contribution in [3.63, 3.8) is 0 Å². The number of hydrogen-bond donors (Lipinski definition) is 1. The third-order valence-corrected chi connectivity index (χ3v) is 3.25. The molecule has 70 valence electrons. The summed E-state index contributed by atoms with van der Waals surface area (Å²) in [6.07, 6.45) is 2.69. The molecule has 0 aromatic heterocycles. The summed E-state index contributed by atoms with van der Waals surface area (Å²) >= 11 is 3.60. The molecule has 1 saturated carbocycles. The number of benzene rings is 1. The quantitative estimate of drug-likeness (QED) is 0.842. The van der Waals surface area contributed by atoms with Gasteiger partial charge < -0.3 is 5.73 Å². The van der Waals surface area contributed by atoms with Crippen LogP contribution in [0.4, 0.5) is 0 Å².